The SMILES string of the molecule is O=C(COc1ccc(Cl)cc1[N+](=O)[O-])Nc1ccc(F)cc1Cl. The molecule has 0 aliphatic rings. The van der Waals surface area contributed by atoms with Gasteiger partial charge < -0.3 is 10.1 Å². The molecule has 9 heteroatoms. The minimum atomic E-state index is -0.671. The van der Waals surface area contributed by atoms with Crippen LogP contribution in [0.25, 0.3) is 0 Å². The highest BCUT2D eigenvalue weighted by Crippen LogP contribution is 2.30. The van der Waals surface area contributed by atoms with E-state index in [9.17, 15) is 19.3 Å². The third-order valence-corrected chi connectivity index (χ3v) is 3.23. The standard InChI is InChI=1S/C14H9Cl2FN2O4/c15-8-1-4-13(12(5-8)19(21)22)23-7-14(20)18-11-3-2-9(17)6-10(11)16/h1-6H,7H2,(H,18,20). The molecule has 0 fully saturated rings. The molecule has 6 nitrogen and oxygen atoms in total. The van der Waals surface area contributed by atoms with Crippen LogP contribution in [0.5, 0.6) is 5.75 Å². The zero-order valence-corrected chi connectivity index (χ0v) is 12.9. The van der Waals surface area contributed by atoms with E-state index < -0.39 is 23.3 Å². The highest BCUT2D eigenvalue weighted by Gasteiger charge is 2.17. The van der Waals surface area contributed by atoms with Crippen molar-refractivity contribution in [3.8, 4) is 5.75 Å². The number of amides is 1. The van der Waals surface area contributed by atoms with Gasteiger partial charge in [0, 0.05) is 11.1 Å². The topological polar surface area (TPSA) is 81.5 Å². The van der Waals surface area contributed by atoms with Crippen LogP contribution in [0.4, 0.5) is 15.8 Å². The van der Waals surface area contributed by atoms with E-state index in [1.165, 1.54) is 18.2 Å². The van der Waals surface area contributed by atoms with Crippen LogP contribution in [0.1, 0.15) is 0 Å². The number of hydrogen-bond donors (Lipinski definition) is 1. The number of rotatable bonds is 5. The second-order valence-electron chi connectivity index (χ2n) is 4.33. The van der Waals surface area contributed by atoms with Crippen molar-refractivity contribution >= 4 is 40.5 Å². The molecule has 0 saturated carbocycles. The lowest BCUT2D eigenvalue weighted by Crippen LogP contribution is -2.20. The normalized spacial score (nSPS) is 10.2. The Morgan fingerprint density at radius 1 is 1.26 bits per heavy atom. The van der Waals surface area contributed by atoms with Crippen molar-refractivity contribution in [2.24, 2.45) is 0 Å². The maximum absolute atomic E-state index is 12.9. The Labute approximate surface area is 139 Å². The van der Waals surface area contributed by atoms with Crippen molar-refractivity contribution in [2.75, 3.05) is 11.9 Å². The second-order valence-corrected chi connectivity index (χ2v) is 5.17. The van der Waals surface area contributed by atoms with Crippen LogP contribution >= 0.6 is 23.2 Å². The van der Waals surface area contributed by atoms with E-state index in [4.69, 9.17) is 27.9 Å². The summed E-state index contributed by atoms with van der Waals surface area (Å²) in [7, 11) is 0. The van der Waals surface area contributed by atoms with Gasteiger partial charge in [0.1, 0.15) is 5.82 Å². The zero-order chi connectivity index (χ0) is 17.0. The van der Waals surface area contributed by atoms with Gasteiger partial charge >= 0.3 is 5.69 Å². The largest absolute Gasteiger partial charge is 0.477 e. The molecular weight excluding hydrogens is 350 g/mol. The van der Waals surface area contributed by atoms with Crippen molar-refractivity contribution in [3.05, 3.63) is 62.4 Å². The molecule has 0 heterocycles. The van der Waals surface area contributed by atoms with Crippen molar-refractivity contribution in [1.29, 1.82) is 0 Å². The minimum Gasteiger partial charge on any atom is -0.477 e. The fraction of sp³-hybridized carbons (Fsp3) is 0.0714. The lowest BCUT2D eigenvalue weighted by molar-refractivity contribution is -0.385. The highest BCUT2D eigenvalue weighted by molar-refractivity contribution is 6.33. The Bertz CT molecular complexity index is 770. The van der Waals surface area contributed by atoms with Crippen molar-refractivity contribution in [1.82, 2.24) is 0 Å². The first kappa shape index (κ1) is 17.0. The first-order valence-corrected chi connectivity index (χ1v) is 6.94. The van der Waals surface area contributed by atoms with Crippen molar-refractivity contribution in [3.63, 3.8) is 0 Å². The zero-order valence-electron chi connectivity index (χ0n) is 11.4. The first-order chi connectivity index (χ1) is 10.9. The van der Waals surface area contributed by atoms with Crippen molar-refractivity contribution in [2.45, 2.75) is 0 Å². The first-order valence-electron chi connectivity index (χ1n) is 6.18. The predicted molar refractivity (Wildman–Crippen MR) is 83.6 cm³/mol. The van der Waals surface area contributed by atoms with Crippen LogP contribution in [-0.4, -0.2) is 17.4 Å². The Kier molecular flexibility index (Phi) is 5.36. The van der Waals surface area contributed by atoms with Crippen LogP contribution in [0.15, 0.2) is 36.4 Å². The highest BCUT2D eigenvalue weighted by atomic mass is 35.5. The van der Waals surface area contributed by atoms with E-state index in [-0.39, 0.29) is 27.2 Å². The lowest BCUT2D eigenvalue weighted by atomic mass is 10.3. The van der Waals surface area contributed by atoms with E-state index in [0.717, 1.165) is 18.2 Å². The monoisotopic (exact) mass is 358 g/mol. The Morgan fingerprint density at radius 3 is 2.65 bits per heavy atom. The summed E-state index contributed by atoms with van der Waals surface area (Å²) in [5.41, 5.74) is -0.155. The van der Waals surface area contributed by atoms with Crippen LogP contribution in [0, 0.1) is 15.9 Å². The summed E-state index contributed by atoms with van der Waals surface area (Å²) in [4.78, 5) is 22.0. The van der Waals surface area contributed by atoms with Crippen LogP contribution in [0.3, 0.4) is 0 Å². The maximum atomic E-state index is 12.9. The average molecular weight is 359 g/mol. The van der Waals surface area contributed by atoms with Gasteiger partial charge in [-0.2, -0.15) is 0 Å². The van der Waals surface area contributed by atoms with Crippen LogP contribution < -0.4 is 10.1 Å². The molecular formula is C14H9Cl2FN2O4. The number of nitrogens with one attached hydrogen (secondary N) is 1. The molecule has 0 aliphatic heterocycles. The smallest absolute Gasteiger partial charge is 0.312 e. The summed E-state index contributed by atoms with van der Waals surface area (Å²) in [5, 5.41) is 13.5. The summed E-state index contributed by atoms with van der Waals surface area (Å²) >= 11 is 11.5. The van der Waals surface area contributed by atoms with Gasteiger partial charge in [-0.3, -0.25) is 14.9 Å². The van der Waals surface area contributed by atoms with Gasteiger partial charge in [0.2, 0.25) is 0 Å². The average Bonchev–Trinajstić information content (AvgIpc) is 2.48. The molecule has 0 spiro atoms. The molecule has 2 rings (SSSR count). The van der Waals surface area contributed by atoms with Gasteiger partial charge in [-0.05, 0) is 30.3 Å². The van der Waals surface area contributed by atoms with Gasteiger partial charge in [0.15, 0.2) is 12.4 Å². The fourth-order valence-electron chi connectivity index (χ4n) is 1.68. The summed E-state index contributed by atoms with van der Waals surface area (Å²) in [5.74, 6) is -1.25. The quantitative estimate of drug-likeness (QED) is 0.645. The summed E-state index contributed by atoms with van der Waals surface area (Å²) in [6.07, 6.45) is 0. The van der Waals surface area contributed by atoms with Crippen LogP contribution in [0.2, 0.25) is 10.0 Å². The second kappa shape index (κ2) is 7.26. The van der Waals surface area contributed by atoms with Crippen LogP contribution in [-0.2, 0) is 4.79 Å². The number of hydrogen-bond acceptors (Lipinski definition) is 4. The molecule has 0 aliphatic carbocycles. The lowest BCUT2D eigenvalue weighted by Gasteiger charge is -2.09. The van der Waals surface area contributed by atoms with Crippen molar-refractivity contribution < 1.29 is 18.8 Å². The molecule has 0 unspecified atom stereocenters. The maximum Gasteiger partial charge on any atom is 0.312 e. The van der Waals surface area contributed by atoms with Gasteiger partial charge in [-0.25, -0.2) is 4.39 Å². The van der Waals surface area contributed by atoms with E-state index >= 15 is 0 Å². The number of anilines is 1. The Balaban J connectivity index is 2.03. The number of nitrogens with zero attached hydrogens (tertiary/aromatic N) is 1. The van der Waals surface area contributed by atoms with Gasteiger partial charge in [0.05, 0.1) is 15.6 Å². The minimum absolute atomic E-state index is 0.0239. The van der Waals surface area contributed by atoms with E-state index in [0.29, 0.717) is 0 Å². The summed E-state index contributed by atoms with van der Waals surface area (Å²) < 4.78 is 18.0. The predicted octanol–water partition coefficient (Wildman–Crippen LogP) is 4.06. The van der Waals surface area contributed by atoms with Gasteiger partial charge in [0.25, 0.3) is 5.91 Å². The number of carbonyl (C=O) groups excluding carboxylic acids is 1. The van der Waals surface area contributed by atoms with E-state index in [1.807, 2.05) is 0 Å². The number of carbonyl (C=O) groups is 1. The molecule has 23 heavy (non-hydrogen) atoms. The number of halogens is 3. The molecule has 0 aromatic heterocycles. The fourth-order valence-corrected chi connectivity index (χ4v) is 2.06. The number of ether oxygens (including phenoxy) is 1. The Morgan fingerprint density at radius 2 is 2.00 bits per heavy atom. The summed E-state index contributed by atoms with van der Waals surface area (Å²) in [6.45, 7) is -0.490. The van der Waals surface area contributed by atoms with E-state index in [2.05, 4.69) is 5.32 Å². The van der Waals surface area contributed by atoms with E-state index in [1.54, 1.807) is 0 Å². The molecule has 0 saturated heterocycles. The number of nitro benzene ring substituents is 1. The van der Waals surface area contributed by atoms with Gasteiger partial charge in [-0.15, -0.1) is 0 Å². The molecule has 2 aromatic carbocycles. The molecule has 1 amide bonds. The summed E-state index contributed by atoms with van der Waals surface area (Å²) in [6, 6.07) is 7.28. The number of nitro groups is 1. The molecule has 1 N–H and O–H groups in total. The molecule has 2 aromatic rings. The van der Waals surface area contributed by atoms with Gasteiger partial charge in [-0.1, -0.05) is 23.2 Å². The third-order valence-electron chi connectivity index (χ3n) is 2.68. The third kappa shape index (κ3) is 4.54. The Hall–Kier alpha value is -2.38. The molecule has 0 bridgehead atoms. The molecule has 120 valence electrons. The molecule has 0 radical (unpaired) electrons. The number of benzene rings is 2. The molecule has 0 atom stereocenters.